The van der Waals surface area contributed by atoms with Crippen LogP contribution >= 0.6 is 0 Å². The highest BCUT2D eigenvalue weighted by molar-refractivity contribution is 5.57. The molecule has 3 rings (SSSR count). The Bertz CT molecular complexity index is 653. The number of furan rings is 1. The molecule has 21 heavy (non-hydrogen) atoms. The van der Waals surface area contributed by atoms with Gasteiger partial charge >= 0.3 is 0 Å². The van der Waals surface area contributed by atoms with E-state index >= 15 is 0 Å². The largest absolute Gasteiger partial charge is 1.00 e. The predicted octanol–water partition coefficient (Wildman–Crippen LogP) is 0.635. The molecule has 2 heterocycles. The number of aromatic nitrogens is 1. The number of hydrogen-bond donors (Lipinski definition) is 1. The standard InChI is InChI=1S/C17H16N2O.ClH/c1-2-4-15(5-3-1)17-7-6-16(20-17)13-19-12-14-8-10-18-11-9-14;/h1-11,19H,12-13H2;1H/p-1. The maximum atomic E-state index is 5.83. The summed E-state index contributed by atoms with van der Waals surface area (Å²) in [4.78, 5) is 4.00. The Morgan fingerprint density at radius 3 is 2.38 bits per heavy atom. The van der Waals surface area contributed by atoms with E-state index < -0.39 is 0 Å². The van der Waals surface area contributed by atoms with E-state index in [0.717, 1.165) is 30.2 Å². The number of benzene rings is 1. The fourth-order valence-corrected chi connectivity index (χ4v) is 2.06. The van der Waals surface area contributed by atoms with E-state index in [1.807, 2.05) is 54.6 Å². The van der Waals surface area contributed by atoms with Gasteiger partial charge in [-0.05, 0) is 29.8 Å². The number of nitrogens with zero attached hydrogens (tertiary/aromatic N) is 1. The third-order valence-corrected chi connectivity index (χ3v) is 3.10. The normalized spacial score (nSPS) is 10.1. The molecular weight excluding hydrogens is 284 g/mol. The van der Waals surface area contributed by atoms with E-state index in [-0.39, 0.29) is 12.4 Å². The first-order chi connectivity index (χ1) is 9.92. The number of rotatable bonds is 5. The van der Waals surface area contributed by atoms with Crippen molar-refractivity contribution in [2.45, 2.75) is 13.1 Å². The van der Waals surface area contributed by atoms with Crippen molar-refractivity contribution in [2.75, 3.05) is 0 Å². The van der Waals surface area contributed by atoms with E-state index in [4.69, 9.17) is 4.42 Å². The molecule has 0 amide bonds. The average Bonchev–Trinajstić information content (AvgIpc) is 2.98. The van der Waals surface area contributed by atoms with Gasteiger partial charge in [0.2, 0.25) is 0 Å². The molecule has 0 radical (unpaired) electrons. The molecule has 2 aromatic heterocycles. The molecule has 0 saturated carbocycles. The summed E-state index contributed by atoms with van der Waals surface area (Å²) in [5.74, 6) is 1.85. The molecule has 0 aliphatic rings. The van der Waals surface area contributed by atoms with Gasteiger partial charge in [0.1, 0.15) is 11.5 Å². The van der Waals surface area contributed by atoms with E-state index in [1.165, 1.54) is 5.56 Å². The third kappa shape index (κ3) is 4.18. The maximum Gasteiger partial charge on any atom is 0.134 e. The summed E-state index contributed by atoms with van der Waals surface area (Å²) in [6.45, 7) is 1.53. The van der Waals surface area contributed by atoms with Crippen molar-refractivity contribution in [3.05, 3.63) is 78.3 Å². The lowest BCUT2D eigenvalue weighted by Crippen LogP contribution is -3.00. The van der Waals surface area contributed by atoms with E-state index in [9.17, 15) is 0 Å². The van der Waals surface area contributed by atoms with Gasteiger partial charge in [-0.15, -0.1) is 0 Å². The molecule has 3 nitrogen and oxygen atoms in total. The fourth-order valence-electron chi connectivity index (χ4n) is 2.06. The minimum absolute atomic E-state index is 0. The molecular formula is C17H16ClN2O-. The maximum absolute atomic E-state index is 5.83. The lowest BCUT2D eigenvalue weighted by atomic mass is 10.2. The van der Waals surface area contributed by atoms with Crippen LogP contribution in [0.4, 0.5) is 0 Å². The summed E-state index contributed by atoms with van der Waals surface area (Å²) in [5.41, 5.74) is 2.32. The van der Waals surface area contributed by atoms with Crippen molar-refractivity contribution in [1.82, 2.24) is 10.3 Å². The molecule has 108 valence electrons. The number of nitrogens with one attached hydrogen (secondary N) is 1. The Kier molecular flexibility index (Phi) is 5.55. The van der Waals surface area contributed by atoms with Gasteiger partial charge in [-0.2, -0.15) is 0 Å². The zero-order chi connectivity index (χ0) is 13.6. The second-order valence-corrected chi connectivity index (χ2v) is 4.59. The van der Waals surface area contributed by atoms with Crippen LogP contribution in [0.1, 0.15) is 11.3 Å². The molecule has 4 heteroatoms. The smallest absolute Gasteiger partial charge is 0.134 e. The molecule has 0 spiro atoms. The molecule has 0 bridgehead atoms. The van der Waals surface area contributed by atoms with Crippen molar-refractivity contribution >= 4 is 0 Å². The Morgan fingerprint density at radius 1 is 0.857 bits per heavy atom. The Labute approximate surface area is 130 Å². The second kappa shape index (κ2) is 7.62. The number of pyridine rings is 1. The van der Waals surface area contributed by atoms with E-state index in [2.05, 4.69) is 10.3 Å². The van der Waals surface area contributed by atoms with E-state index in [1.54, 1.807) is 12.4 Å². The molecule has 1 N–H and O–H groups in total. The lowest BCUT2D eigenvalue weighted by Gasteiger charge is -2.02. The van der Waals surface area contributed by atoms with Crippen molar-refractivity contribution in [3.8, 4) is 11.3 Å². The average molecular weight is 300 g/mol. The van der Waals surface area contributed by atoms with Gasteiger partial charge in [-0.25, -0.2) is 0 Å². The Hall–Kier alpha value is -2.10. The first-order valence-corrected chi connectivity index (χ1v) is 6.65. The summed E-state index contributed by atoms with van der Waals surface area (Å²) in [5, 5.41) is 3.36. The monoisotopic (exact) mass is 299 g/mol. The molecule has 0 aliphatic heterocycles. The summed E-state index contributed by atoms with van der Waals surface area (Å²) >= 11 is 0. The first kappa shape index (κ1) is 15.3. The lowest BCUT2D eigenvalue weighted by molar-refractivity contribution is -0.00000464. The van der Waals surface area contributed by atoms with Crippen LogP contribution in [0, 0.1) is 0 Å². The zero-order valence-corrected chi connectivity index (χ0v) is 12.3. The van der Waals surface area contributed by atoms with Crippen LogP contribution in [0.5, 0.6) is 0 Å². The van der Waals surface area contributed by atoms with Crippen LogP contribution in [0.3, 0.4) is 0 Å². The van der Waals surface area contributed by atoms with Gasteiger partial charge in [-0.1, -0.05) is 30.3 Å². The highest BCUT2D eigenvalue weighted by Gasteiger charge is 2.03. The van der Waals surface area contributed by atoms with Gasteiger partial charge in [-0.3, -0.25) is 4.98 Å². The number of hydrogen-bond acceptors (Lipinski definition) is 3. The molecule has 1 aromatic carbocycles. The van der Waals surface area contributed by atoms with Gasteiger partial charge in [0.05, 0.1) is 6.54 Å². The van der Waals surface area contributed by atoms with Crippen molar-refractivity contribution in [2.24, 2.45) is 0 Å². The molecule has 0 aliphatic carbocycles. The molecule has 0 saturated heterocycles. The van der Waals surface area contributed by atoms with Gasteiger partial charge < -0.3 is 22.1 Å². The van der Waals surface area contributed by atoms with Crippen molar-refractivity contribution in [1.29, 1.82) is 0 Å². The van der Waals surface area contributed by atoms with Crippen LogP contribution in [-0.4, -0.2) is 4.98 Å². The topological polar surface area (TPSA) is 38.1 Å². The van der Waals surface area contributed by atoms with Crippen molar-refractivity contribution in [3.63, 3.8) is 0 Å². The van der Waals surface area contributed by atoms with Crippen LogP contribution in [-0.2, 0) is 13.1 Å². The SMILES string of the molecule is [Cl-].c1ccc(-c2ccc(CNCc3ccncc3)o2)cc1. The minimum atomic E-state index is 0. The third-order valence-electron chi connectivity index (χ3n) is 3.10. The summed E-state index contributed by atoms with van der Waals surface area (Å²) in [6.07, 6.45) is 3.61. The molecule has 0 fully saturated rings. The summed E-state index contributed by atoms with van der Waals surface area (Å²) in [6, 6.07) is 18.2. The Morgan fingerprint density at radius 2 is 1.62 bits per heavy atom. The predicted molar refractivity (Wildman–Crippen MR) is 78.9 cm³/mol. The molecule has 0 unspecified atom stereocenters. The van der Waals surface area contributed by atoms with Crippen LogP contribution < -0.4 is 17.7 Å². The van der Waals surface area contributed by atoms with Crippen molar-refractivity contribution < 1.29 is 16.8 Å². The van der Waals surface area contributed by atoms with Crippen LogP contribution in [0.25, 0.3) is 11.3 Å². The van der Waals surface area contributed by atoms with Gasteiger partial charge in [0.25, 0.3) is 0 Å². The molecule has 0 atom stereocenters. The highest BCUT2D eigenvalue weighted by Crippen LogP contribution is 2.21. The van der Waals surface area contributed by atoms with Gasteiger partial charge in [0.15, 0.2) is 0 Å². The van der Waals surface area contributed by atoms with Gasteiger partial charge in [0, 0.05) is 24.5 Å². The Balaban J connectivity index is 0.00000161. The molecule has 3 aromatic rings. The highest BCUT2D eigenvalue weighted by atomic mass is 35.5. The number of halogens is 1. The minimum Gasteiger partial charge on any atom is -1.00 e. The van der Waals surface area contributed by atoms with E-state index in [0.29, 0.717) is 0 Å². The summed E-state index contributed by atoms with van der Waals surface area (Å²) in [7, 11) is 0. The van der Waals surface area contributed by atoms with Crippen LogP contribution in [0.15, 0.2) is 71.4 Å². The quantitative estimate of drug-likeness (QED) is 0.751. The first-order valence-electron chi connectivity index (χ1n) is 6.65. The van der Waals surface area contributed by atoms with Crippen LogP contribution in [0.2, 0.25) is 0 Å². The summed E-state index contributed by atoms with van der Waals surface area (Å²) < 4.78 is 5.83. The second-order valence-electron chi connectivity index (χ2n) is 4.59. The fraction of sp³-hybridized carbons (Fsp3) is 0.118. The zero-order valence-electron chi connectivity index (χ0n) is 11.5.